The van der Waals surface area contributed by atoms with Crippen LogP contribution in [-0.4, -0.2) is 55.2 Å². The van der Waals surface area contributed by atoms with Crippen LogP contribution in [0.25, 0.3) is 0 Å². The molecule has 0 aromatic heterocycles. The van der Waals surface area contributed by atoms with Gasteiger partial charge in [-0.2, -0.15) is 0 Å². The molecule has 0 radical (unpaired) electrons. The Labute approximate surface area is 85.8 Å². The Hall–Kier alpha value is -0.130. The first-order valence-electron chi connectivity index (χ1n) is 4.84. The van der Waals surface area contributed by atoms with Crippen molar-refractivity contribution in [2.45, 2.75) is 30.3 Å². The van der Waals surface area contributed by atoms with Crippen molar-refractivity contribution in [3.8, 4) is 0 Å². The molecule has 0 saturated carbocycles. The van der Waals surface area contributed by atoms with Gasteiger partial charge in [-0.05, 0) is 33.9 Å². The highest BCUT2D eigenvalue weighted by Gasteiger charge is 2.42. The third kappa shape index (κ3) is 1.94. The summed E-state index contributed by atoms with van der Waals surface area (Å²) in [4.78, 5) is 2.01. The van der Waals surface area contributed by atoms with Crippen LogP contribution < -0.4 is 0 Å². The maximum Gasteiger partial charge on any atom is 0.161 e. The van der Waals surface area contributed by atoms with Gasteiger partial charge in [0.25, 0.3) is 0 Å². The number of sulfone groups is 1. The molecule has 0 aliphatic carbocycles. The third-order valence-electron chi connectivity index (χ3n) is 2.94. The van der Waals surface area contributed by atoms with E-state index in [4.69, 9.17) is 5.11 Å². The first-order valence-corrected chi connectivity index (χ1v) is 6.39. The second-order valence-electron chi connectivity index (χ2n) is 4.64. The van der Waals surface area contributed by atoms with Gasteiger partial charge in [0.1, 0.15) is 0 Å². The fourth-order valence-electron chi connectivity index (χ4n) is 1.69. The molecular weight excluding hydrogens is 202 g/mol. The van der Waals surface area contributed by atoms with Crippen molar-refractivity contribution in [3.05, 3.63) is 0 Å². The summed E-state index contributed by atoms with van der Waals surface area (Å²) in [6.45, 7) is 4.27. The Morgan fingerprint density at radius 2 is 2.07 bits per heavy atom. The van der Waals surface area contributed by atoms with E-state index in [9.17, 15) is 8.42 Å². The van der Waals surface area contributed by atoms with E-state index in [2.05, 4.69) is 0 Å². The molecule has 0 amide bonds. The number of hydrogen-bond acceptors (Lipinski definition) is 4. The van der Waals surface area contributed by atoms with E-state index in [1.807, 2.05) is 11.9 Å². The monoisotopic (exact) mass is 221 g/mol. The van der Waals surface area contributed by atoms with Crippen molar-refractivity contribution in [2.24, 2.45) is 0 Å². The topological polar surface area (TPSA) is 57.6 Å². The highest BCUT2D eigenvalue weighted by atomic mass is 32.2. The molecule has 1 fully saturated rings. The Kier molecular flexibility index (Phi) is 3.23. The second-order valence-corrected chi connectivity index (χ2v) is 7.50. The zero-order valence-corrected chi connectivity index (χ0v) is 9.84. The SMILES string of the molecule is CN1CCC(S(=O)(=O)C(C)(C)CO)C1. The number of likely N-dealkylation sites (tertiary alicyclic amines) is 1. The molecule has 1 atom stereocenters. The van der Waals surface area contributed by atoms with E-state index in [0.717, 1.165) is 6.54 Å². The average molecular weight is 221 g/mol. The molecule has 1 heterocycles. The average Bonchev–Trinajstić information content (AvgIpc) is 2.52. The van der Waals surface area contributed by atoms with Gasteiger partial charge >= 0.3 is 0 Å². The Morgan fingerprint density at radius 3 is 2.43 bits per heavy atom. The number of hydrogen-bond donors (Lipinski definition) is 1. The lowest BCUT2D eigenvalue weighted by molar-refractivity contribution is 0.257. The maximum atomic E-state index is 12.0. The van der Waals surface area contributed by atoms with E-state index in [1.165, 1.54) is 0 Å². The lowest BCUT2D eigenvalue weighted by atomic mass is 10.2. The first-order chi connectivity index (χ1) is 6.31. The number of aliphatic hydroxyl groups is 1. The largest absolute Gasteiger partial charge is 0.395 e. The van der Waals surface area contributed by atoms with Crippen LogP contribution in [-0.2, 0) is 9.84 Å². The molecule has 84 valence electrons. The summed E-state index contributed by atoms with van der Waals surface area (Å²) in [6.07, 6.45) is 0.683. The molecule has 14 heavy (non-hydrogen) atoms. The van der Waals surface area contributed by atoms with Crippen molar-refractivity contribution in [1.82, 2.24) is 4.90 Å². The van der Waals surface area contributed by atoms with Crippen molar-refractivity contribution in [1.29, 1.82) is 0 Å². The van der Waals surface area contributed by atoms with Crippen molar-refractivity contribution < 1.29 is 13.5 Å². The summed E-state index contributed by atoms with van der Waals surface area (Å²) >= 11 is 0. The Balaban J connectivity index is 2.86. The van der Waals surface area contributed by atoms with Crippen LogP contribution in [0, 0.1) is 0 Å². The smallest absolute Gasteiger partial charge is 0.161 e. The lowest BCUT2D eigenvalue weighted by Gasteiger charge is -2.26. The van der Waals surface area contributed by atoms with Gasteiger partial charge in [-0.3, -0.25) is 0 Å². The second kappa shape index (κ2) is 3.79. The minimum absolute atomic E-state index is 0.310. The molecule has 1 aliphatic heterocycles. The zero-order valence-electron chi connectivity index (χ0n) is 9.02. The van der Waals surface area contributed by atoms with Crippen LogP contribution in [0.15, 0.2) is 0 Å². The molecule has 0 aromatic rings. The summed E-state index contributed by atoms with van der Waals surface area (Å²) in [7, 11) is -1.29. The summed E-state index contributed by atoms with van der Waals surface area (Å²) in [5.74, 6) is 0. The highest BCUT2D eigenvalue weighted by Crippen LogP contribution is 2.26. The summed E-state index contributed by atoms with van der Waals surface area (Å²) in [5, 5.41) is 8.75. The molecule has 5 heteroatoms. The van der Waals surface area contributed by atoms with Crippen LogP contribution in [0.4, 0.5) is 0 Å². The summed E-state index contributed by atoms with van der Waals surface area (Å²) in [5.41, 5.74) is 0. The van der Waals surface area contributed by atoms with Crippen LogP contribution >= 0.6 is 0 Å². The number of nitrogens with zero attached hydrogens (tertiary/aromatic N) is 1. The van der Waals surface area contributed by atoms with Gasteiger partial charge in [0.2, 0.25) is 0 Å². The molecule has 1 aliphatic rings. The van der Waals surface area contributed by atoms with Crippen LogP contribution in [0.3, 0.4) is 0 Å². The highest BCUT2D eigenvalue weighted by molar-refractivity contribution is 7.93. The van der Waals surface area contributed by atoms with E-state index >= 15 is 0 Å². The van der Waals surface area contributed by atoms with Gasteiger partial charge in [-0.25, -0.2) is 8.42 Å². The van der Waals surface area contributed by atoms with Gasteiger partial charge in [0.05, 0.1) is 16.6 Å². The third-order valence-corrected chi connectivity index (χ3v) is 5.87. The molecule has 0 aromatic carbocycles. The van der Waals surface area contributed by atoms with Crippen LogP contribution in [0.1, 0.15) is 20.3 Å². The van der Waals surface area contributed by atoms with E-state index in [1.54, 1.807) is 13.8 Å². The van der Waals surface area contributed by atoms with Crippen LogP contribution in [0.2, 0.25) is 0 Å². The fraction of sp³-hybridized carbons (Fsp3) is 1.00. The van der Waals surface area contributed by atoms with Gasteiger partial charge in [0, 0.05) is 6.54 Å². The molecule has 1 unspecified atom stereocenters. The van der Waals surface area contributed by atoms with Crippen LogP contribution in [0.5, 0.6) is 0 Å². The van der Waals surface area contributed by atoms with E-state index in [0.29, 0.717) is 13.0 Å². The molecular formula is C9H19NO3S. The summed E-state index contributed by atoms with van der Waals surface area (Å²) < 4.78 is 23.1. The number of aliphatic hydroxyl groups excluding tert-OH is 1. The van der Waals surface area contributed by atoms with Crippen molar-refractivity contribution in [3.63, 3.8) is 0 Å². The molecule has 4 nitrogen and oxygen atoms in total. The minimum atomic E-state index is -3.21. The molecule has 1 rings (SSSR count). The normalized spacial score (nSPS) is 25.6. The van der Waals surface area contributed by atoms with Gasteiger partial charge in [-0.1, -0.05) is 0 Å². The number of rotatable bonds is 3. The predicted molar refractivity (Wildman–Crippen MR) is 56.0 cm³/mol. The molecule has 0 bridgehead atoms. The van der Waals surface area contributed by atoms with Gasteiger partial charge < -0.3 is 10.0 Å². The maximum absolute atomic E-state index is 12.0. The molecule has 1 saturated heterocycles. The van der Waals surface area contributed by atoms with Gasteiger partial charge in [-0.15, -0.1) is 0 Å². The van der Waals surface area contributed by atoms with Gasteiger partial charge in [0.15, 0.2) is 9.84 Å². The Morgan fingerprint density at radius 1 is 1.50 bits per heavy atom. The standard InChI is InChI=1S/C9H19NO3S/c1-9(2,7-11)14(12,13)8-4-5-10(3)6-8/h8,11H,4-7H2,1-3H3. The van der Waals surface area contributed by atoms with E-state index < -0.39 is 14.6 Å². The first kappa shape index (κ1) is 11.9. The fourth-order valence-corrected chi connectivity index (χ4v) is 3.64. The van der Waals surface area contributed by atoms with E-state index in [-0.39, 0.29) is 11.9 Å². The molecule has 1 N–H and O–H groups in total. The minimum Gasteiger partial charge on any atom is -0.395 e. The Bertz CT molecular complexity index is 297. The predicted octanol–water partition coefficient (Wildman–Crippen LogP) is -0.124. The quantitative estimate of drug-likeness (QED) is 0.721. The lowest BCUT2D eigenvalue weighted by Crippen LogP contribution is -2.43. The van der Waals surface area contributed by atoms with Crippen molar-refractivity contribution in [2.75, 3.05) is 26.7 Å². The van der Waals surface area contributed by atoms with Crippen molar-refractivity contribution >= 4 is 9.84 Å². The summed E-state index contributed by atoms with van der Waals surface area (Å²) in [6, 6.07) is 0. The zero-order chi connectivity index (χ0) is 11.0. The molecule has 0 spiro atoms.